The van der Waals surface area contributed by atoms with Crippen LogP contribution >= 0.6 is 0 Å². The van der Waals surface area contributed by atoms with Crippen molar-refractivity contribution in [1.82, 2.24) is 0 Å². The monoisotopic (exact) mass is 357 g/mol. The molecular weight excluding hydrogens is 338 g/mol. The van der Waals surface area contributed by atoms with Crippen molar-refractivity contribution in [2.75, 3.05) is 5.32 Å². The highest BCUT2D eigenvalue weighted by Crippen LogP contribution is 2.11. The van der Waals surface area contributed by atoms with E-state index in [0.29, 0.717) is 5.56 Å². The summed E-state index contributed by atoms with van der Waals surface area (Å²) in [6.07, 6.45) is 3.11. The van der Waals surface area contributed by atoms with Gasteiger partial charge in [-0.1, -0.05) is 60.7 Å². The molecule has 0 spiro atoms. The van der Waals surface area contributed by atoms with Crippen LogP contribution in [0.4, 0.5) is 5.69 Å². The second kappa shape index (κ2) is 9.15. The van der Waals surface area contributed by atoms with Gasteiger partial charge < -0.3 is 10.1 Å². The van der Waals surface area contributed by atoms with Crippen LogP contribution in [0.2, 0.25) is 0 Å². The van der Waals surface area contributed by atoms with E-state index in [0.717, 1.165) is 16.8 Å². The van der Waals surface area contributed by atoms with Gasteiger partial charge in [-0.2, -0.15) is 0 Å². The molecule has 27 heavy (non-hydrogen) atoms. The van der Waals surface area contributed by atoms with Crippen LogP contribution in [0.1, 0.15) is 21.5 Å². The van der Waals surface area contributed by atoms with E-state index in [9.17, 15) is 9.59 Å². The number of carbonyl (C=O) groups excluding carboxylic acids is 2. The molecule has 3 aromatic carbocycles. The summed E-state index contributed by atoms with van der Waals surface area (Å²) in [6.45, 7) is 0.151. The van der Waals surface area contributed by atoms with Gasteiger partial charge >= 0.3 is 5.97 Å². The van der Waals surface area contributed by atoms with E-state index in [1.54, 1.807) is 30.3 Å². The fourth-order valence-corrected chi connectivity index (χ4v) is 2.41. The minimum atomic E-state index is -0.412. The lowest BCUT2D eigenvalue weighted by molar-refractivity contribution is -0.138. The molecule has 0 fully saturated rings. The third kappa shape index (κ3) is 5.68. The Morgan fingerprint density at radius 3 is 2.11 bits per heavy atom. The van der Waals surface area contributed by atoms with Crippen molar-refractivity contribution in [3.8, 4) is 0 Å². The largest absolute Gasteiger partial charge is 0.458 e. The van der Waals surface area contributed by atoms with Crippen molar-refractivity contribution < 1.29 is 14.3 Å². The number of esters is 1. The Balaban J connectivity index is 1.51. The molecule has 0 radical (unpaired) electrons. The van der Waals surface area contributed by atoms with Crippen LogP contribution in [-0.4, -0.2) is 11.9 Å². The molecule has 1 N–H and O–H groups in total. The van der Waals surface area contributed by atoms with E-state index in [2.05, 4.69) is 5.32 Å². The Morgan fingerprint density at radius 2 is 1.44 bits per heavy atom. The van der Waals surface area contributed by atoms with E-state index in [-0.39, 0.29) is 12.5 Å². The molecule has 0 unspecified atom stereocenters. The van der Waals surface area contributed by atoms with E-state index in [1.807, 2.05) is 60.7 Å². The Kier molecular flexibility index (Phi) is 6.15. The zero-order chi connectivity index (χ0) is 18.9. The fraction of sp³-hybridized carbons (Fsp3) is 0.0435. The summed E-state index contributed by atoms with van der Waals surface area (Å²) < 4.78 is 5.22. The molecule has 0 aromatic heterocycles. The maximum Gasteiger partial charge on any atom is 0.331 e. The molecule has 0 atom stereocenters. The number of hydrogen-bond acceptors (Lipinski definition) is 3. The van der Waals surface area contributed by atoms with Crippen LogP contribution < -0.4 is 5.32 Å². The molecule has 0 aliphatic heterocycles. The second-order valence-electron chi connectivity index (χ2n) is 5.87. The molecule has 4 nitrogen and oxygen atoms in total. The number of benzene rings is 3. The first-order valence-electron chi connectivity index (χ1n) is 8.56. The molecule has 4 heteroatoms. The van der Waals surface area contributed by atoms with Crippen molar-refractivity contribution in [2.24, 2.45) is 0 Å². The Bertz CT molecular complexity index is 917. The number of ether oxygens (including phenoxy) is 1. The number of amides is 1. The summed E-state index contributed by atoms with van der Waals surface area (Å²) in [5, 5.41) is 2.83. The molecule has 0 saturated heterocycles. The fourth-order valence-electron chi connectivity index (χ4n) is 2.41. The number of anilines is 1. The van der Waals surface area contributed by atoms with Crippen LogP contribution in [0.25, 0.3) is 6.08 Å². The lowest BCUT2D eigenvalue weighted by Crippen LogP contribution is -2.11. The quantitative estimate of drug-likeness (QED) is 0.514. The molecule has 3 aromatic rings. The smallest absolute Gasteiger partial charge is 0.331 e. The molecule has 1 amide bonds. The van der Waals surface area contributed by atoms with Crippen LogP contribution in [0.5, 0.6) is 0 Å². The van der Waals surface area contributed by atoms with Gasteiger partial charge in [0, 0.05) is 17.3 Å². The lowest BCUT2D eigenvalue weighted by Gasteiger charge is -2.06. The van der Waals surface area contributed by atoms with Crippen LogP contribution in [0.3, 0.4) is 0 Å². The lowest BCUT2D eigenvalue weighted by atomic mass is 10.1. The number of carbonyl (C=O) groups is 2. The Labute approximate surface area is 158 Å². The zero-order valence-corrected chi connectivity index (χ0v) is 14.7. The van der Waals surface area contributed by atoms with E-state index >= 15 is 0 Å². The minimum absolute atomic E-state index is 0.151. The highest BCUT2D eigenvalue weighted by atomic mass is 16.5. The van der Waals surface area contributed by atoms with Crippen LogP contribution in [0.15, 0.2) is 91.0 Å². The molecule has 3 rings (SSSR count). The van der Waals surface area contributed by atoms with Crippen molar-refractivity contribution in [3.63, 3.8) is 0 Å². The van der Waals surface area contributed by atoms with Crippen molar-refractivity contribution in [2.45, 2.75) is 6.61 Å². The third-order valence-electron chi connectivity index (χ3n) is 3.84. The van der Waals surface area contributed by atoms with E-state index in [1.165, 1.54) is 6.08 Å². The maximum atomic E-state index is 12.2. The topological polar surface area (TPSA) is 55.4 Å². The first kappa shape index (κ1) is 18.1. The molecule has 0 aliphatic carbocycles. The average molecular weight is 357 g/mol. The molecule has 0 aliphatic rings. The Morgan fingerprint density at radius 1 is 0.815 bits per heavy atom. The number of hydrogen-bond donors (Lipinski definition) is 1. The zero-order valence-electron chi connectivity index (χ0n) is 14.7. The summed E-state index contributed by atoms with van der Waals surface area (Å²) in [6, 6.07) is 25.8. The predicted molar refractivity (Wildman–Crippen MR) is 106 cm³/mol. The van der Waals surface area contributed by atoms with Gasteiger partial charge in [0.2, 0.25) is 0 Å². The van der Waals surface area contributed by atoms with E-state index < -0.39 is 5.97 Å². The predicted octanol–water partition coefficient (Wildman–Crippen LogP) is 4.70. The first-order chi connectivity index (χ1) is 13.2. The average Bonchev–Trinajstić information content (AvgIpc) is 2.72. The highest BCUT2D eigenvalue weighted by molar-refractivity contribution is 6.04. The summed E-state index contributed by atoms with van der Waals surface area (Å²) in [5.41, 5.74) is 3.03. The SMILES string of the molecule is O=C(C=Cc1ccccc1)OCc1ccc(C(=O)Nc2ccccc2)cc1. The maximum absolute atomic E-state index is 12.2. The van der Waals surface area contributed by atoms with Gasteiger partial charge in [-0.15, -0.1) is 0 Å². The number of nitrogens with one attached hydrogen (secondary N) is 1. The first-order valence-corrected chi connectivity index (χ1v) is 8.56. The molecule has 0 bridgehead atoms. The summed E-state index contributed by atoms with van der Waals surface area (Å²) >= 11 is 0. The molecule has 0 heterocycles. The van der Waals surface area contributed by atoms with Gasteiger partial charge in [-0.3, -0.25) is 4.79 Å². The summed E-state index contributed by atoms with van der Waals surface area (Å²) in [7, 11) is 0. The van der Waals surface area contributed by atoms with Gasteiger partial charge in [0.05, 0.1) is 0 Å². The van der Waals surface area contributed by atoms with Crippen molar-refractivity contribution in [1.29, 1.82) is 0 Å². The second-order valence-corrected chi connectivity index (χ2v) is 5.87. The molecule has 134 valence electrons. The third-order valence-corrected chi connectivity index (χ3v) is 3.84. The van der Waals surface area contributed by atoms with Gasteiger partial charge in [-0.25, -0.2) is 4.79 Å². The van der Waals surface area contributed by atoms with E-state index in [4.69, 9.17) is 4.74 Å². The molecular formula is C23H19NO3. The Hall–Kier alpha value is -3.66. The summed E-state index contributed by atoms with van der Waals surface area (Å²) in [4.78, 5) is 24.0. The van der Waals surface area contributed by atoms with Crippen molar-refractivity contribution in [3.05, 3.63) is 108 Å². The van der Waals surface area contributed by atoms with Gasteiger partial charge in [-0.05, 0) is 41.5 Å². The van der Waals surface area contributed by atoms with Crippen LogP contribution in [0, 0.1) is 0 Å². The van der Waals surface area contributed by atoms with Crippen molar-refractivity contribution >= 4 is 23.6 Å². The number of rotatable bonds is 6. The molecule has 0 saturated carbocycles. The van der Waals surface area contributed by atoms with Gasteiger partial charge in [0.25, 0.3) is 5.91 Å². The summed E-state index contributed by atoms with van der Waals surface area (Å²) in [5.74, 6) is -0.597. The highest BCUT2D eigenvalue weighted by Gasteiger charge is 2.06. The minimum Gasteiger partial charge on any atom is -0.458 e. The van der Waals surface area contributed by atoms with Crippen LogP contribution in [-0.2, 0) is 16.1 Å². The van der Waals surface area contributed by atoms with Gasteiger partial charge in [0.1, 0.15) is 6.61 Å². The normalized spacial score (nSPS) is 10.5. The van der Waals surface area contributed by atoms with Gasteiger partial charge in [0.15, 0.2) is 0 Å². The number of para-hydroxylation sites is 1. The standard InChI is InChI=1S/C23H19NO3/c25-22(16-13-18-7-3-1-4-8-18)27-17-19-11-14-20(15-12-19)23(26)24-21-9-5-2-6-10-21/h1-16H,17H2,(H,24,26).